The Labute approximate surface area is 120 Å². The highest BCUT2D eigenvalue weighted by atomic mass is 32.1. The summed E-state index contributed by atoms with van der Waals surface area (Å²) in [6.45, 7) is 3.28. The fraction of sp³-hybridized carbons (Fsp3) is 0.214. The number of carboxylic acids is 1. The van der Waals surface area contributed by atoms with Crippen LogP contribution < -0.4 is 5.32 Å². The van der Waals surface area contributed by atoms with Crippen LogP contribution in [0.25, 0.3) is 0 Å². The number of thiazole rings is 1. The van der Waals surface area contributed by atoms with Crippen LogP contribution in [0.3, 0.4) is 0 Å². The van der Waals surface area contributed by atoms with Crippen molar-refractivity contribution in [3.05, 3.63) is 46.4 Å². The molecule has 1 amide bonds. The zero-order chi connectivity index (χ0) is 14.8. The lowest BCUT2D eigenvalue weighted by molar-refractivity contribution is -0.142. The first-order valence-electron chi connectivity index (χ1n) is 5.95. The van der Waals surface area contributed by atoms with Gasteiger partial charge >= 0.3 is 5.97 Å². The molecule has 0 bridgehead atoms. The summed E-state index contributed by atoms with van der Waals surface area (Å²) in [6, 6.07) is 6.80. The lowest BCUT2D eigenvalue weighted by atomic mass is 9.85. The minimum Gasteiger partial charge on any atom is -0.481 e. The molecule has 1 aromatic heterocycles. The molecule has 2 aromatic rings. The third-order valence-corrected chi connectivity index (χ3v) is 3.83. The number of carboxylic acid groups (broad SMARTS) is 1. The van der Waals surface area contributed by atoms with Crippen molar-refractivity contribution in [3.63, 3.8) is 0 Å². The first-order chi connectivity index (χ1) is 9.41. The summed E-state index contributed by atoms with van der Waals surface area (Å²) in [5, 5.41) is 11.9. The second-order valence-electron chi connectivity index (χ2n) is 4.83. The number of hydrogen-bond acceptors (Lipinski definition) is 4. The molecule has 0 atom stereocenters. The van der Waals surface area contributed by atoms with Crippen LogP contribution in [-0.2, 0) is 10.2 Å². The molecule has 0 saturated carbocycles. The predicted molar refractivity (Wildman–Crippen MR) is 77.2 cm³/mol. The summed E-state index contributed by atoms with van der Waals surface area (Å²) in [4.78, 5) is 27.4. The molecule has 104 valence electrons. The zero-order valence-corrected chi connectivity index (χ0v) is 11.9. The van der Waals surface area contributed by atoms with Crippen LogP contribution in [0.4, 0.5) is 5.69 Å². The van der Waals surface area contributed by atoms with E-state index in [4.69, 9.17) is 5.11 Å². The molecule has 1 heterocycles. The van der Waals surface area contributed by atoms with Gasteiger partial charge in [-0.25, -0.2) is 0 Å². The molecule has 0 aliphatic rings. The molecule has 0 aliphatic heterocycles. The van der Waals surface area contributed by atoms with Crippen LogP contribution >= 0.6 is 11.3 Å². The van der Waals surface area contributed by atoms with Gasteiger partial charge in [0.1, 0.15) is 4.88 Å². The Hall–Kier alpha value is -2.21. The first-order valence-corrected chi connectivity index (χ1v) is 6.83. The molecule has 1 aromatic carbocycles. The van der Waals surface area contributed by atoms with E-state index in [0.717, 1.165) is 0 Å². The number of nitrogens with zero attached hydrogens (tertiary/aromatic N) is 1. The summed E-state index contributed by atoms with van der Waals surface area (Å²) >= 11 is 1.26. The number of hydrogen-bond donors (Lipinski definition) is 2. The average molecular weight is 290 g/mol. The summed E-state index contributed by atoms with van der Waals surface area (Å²) in [5.74, 6) is -1.11. The molecule has 5 nitrogen and oxygen atoms in total. The number of carbonyl (C=O) groups is 2. The minimum atomic E-state index is -0.958. The third kappa shape index (κ3) is 2.85. The number of amides is 1. The second-order valence-corrected chi connectivity index (χ2v) is 5.71. The van der Waals surface area contributed by atoms with Gasteiger partial charge in [-0.05, 0) is 31.5 Å². The van der Waals surface area contributed by atoms with E-state index in [9.17, 15) is 9.59 Å². The fourth-order valence-electron chi connectivity index (χ4n) is 1.61. The Bertz CT molecular complexity index is 618. The number of nitrogens with one attached hydrogen (secondary N) is 1. The Kier molecular flexibility index (Phi) is 3.85. The molecule has 0 radical (unpaired) electrons. The molecule has 0 saturated heterocycles. The van der Waals surface area contributed by atoms with Crippen molar-refractivity contribution in [3.8, 4) is 0 Å². The largest absolute Gasteiger partial charge is 0.481 e. The van der Waals surface area contributed by atoms with E-state index < -0.39 is 11.4 Å². The normalized spacial score (nSPS) is 11.1. The highest BCUT2D eigenvalue weighted by Gasteiger charge is 2.29. The SMILES string of the molecule is CC(C)(C(=O)O)c1ccc(NC(=O)c2cncs2)cc1. The van der Waals surface area contributed by atoms with E-state index in [0.29, 0.717) is 16.1 Å². The molecule has 0 unspecified atom stereocenters. The summed E-state index contributed by atoms with van der Waals surface area (Å²) in [7, 11) is 0. The summed E-state index contributed by atoms with van der Waals surface area (Å²) in [5.41, 5.74) is 1.93. The Morgan fingerprint density at radius 3 is 2.40 bits per heavy atom. The molecular weight excluding hydrogens is 276 g/mol. The maximum Gasteiger partial charge on any atom is 0.313 e. The van der Waals surface area contributed by atoms with Crippen LogP contribution in [0.5, 0.6) is 0 Å². The van der Waals surface area contributed by atoms with Gasteiger partial charge in [0.15, 0.2) is 0 Å². The molecule has 0 fully saturated rings. The van der Waals surface area contributed by atoms with Crippen LogP contribution in [0.2, 0.25) is 0 Å². The van der Waals surface area contributed by atoms with Crippen molar-refractivity contribution in [1.82, 2.24) is 4.98 Å². The minimum absolute atomic E-state index is 0.224. The van der Waals surface area contributed by atoms with Gasteiger partial charge in [0.05, 0.1) is 17.1 Å². The maximum absolute atomic E-state index is 11.8. The van der Waals surface area contributed by atoms with Crippen molar-refractivity contribution in [2.24, 2.45) is 0 Å². The van der Waals surface area contributed by atoms with Gasteiger partial charge in [0.2, 0.25) is 0 Å². The molecule has 2 rings (SSSR count). The van der Waals surface area contributed by atoms with Crippen molar-refractivity contribution in [2.45, 2.75) is 19.3 Å². The molecule has 6 heteroatoms. The van der Waals surface area contributed by atoms with Gasteiger partial charge < -0.3 is 10.4 Å². The Morgan fingerprint density at radius 1 is 1.25 bits per heavy atom. The van der Waals surface area contributed by atoms with Gasteiger partial charge in [0.25, 0.3) is 5.91 Å². The number of aliphatic carboxylic acids is 1. The van der Waals surface area contributed by atoms with Crippen LogP contribution in [0, 0.1) is 0 Å². The van der Waals surface area contributed by atoms with Crippen LogP contribution in [-0.4, -0.2) is 22.0 Å². The van der Waals surface area contributed by atoms with Gasteiger partial charge in [-0.2, -0.15) is 0 Å². The first kappa shape index (κ1) is 14.2. The van der Waals surface area contributed by atoms with E-state index >= 15 is 0 Å². The smallest absolute Gasteiger partial charge is 0.313 e. The Morgan fingerprint density at radius 2 is 1.90 bits per heavy atom. The third-order valence-electron chi connectivity index (χ3n) is 3.06. The van der Waals surface area contributed by atoms with E-state index in [1.165, 1.54) is 17.5 Å². The fourth-order valence-corrected chi connectivity index (χ4v) is 2.13. The number of benzene rings is 1. The molecule has 0 aliphatic carbocycles. The van der Waals surface area contributed by atoms with E-state index in [2.05, 4.69) is 10.3 Å². The number of rotatable bonds is 4. The van der Waals surface area contributed by atoms with Crippen molar-refractivity contribution >= 4 is 28.9 Å². The quantitative estimate of drug-likeness (QED) is 0.907. The predicted octanol–water partition coefficient (Wildman–Crippen LogP) is 2.76. The lowest BCUT2D eigenvalue weighted by Crippen LogP contribution is -2.28. The van der Waals surface area contributed by atoms with Crippen LogP contribution in [0.1, 0.15) is 29.1 Å². The monoisotopic (exact) mass is 290 g/mol. The highest BCUT2D eigenvalue weighted by molar-refractivity contribution is 7.11. The van der Waals surface area contributed by atoms with Gasteiger partial charge in [-0.3, -0.25) is 14.6 Å². The zero-order valence-electron chi connectivity index (χ0n) is 11.1. The maximum atomic E-state index is 11.8. The number of carbonyl (C=O) groups excluding carboxylic acids is 1. The molecule has 20 heavy (non-hydrogen) atoms. The standard InChI is InChI=1S/C14H14N2O3S/c1-14(2,13(18)19)9-3-5-10(6-4-9)16-12(17)11-7-15-8-20-11/h3-8H,1-2H3,(H,16,17)(H,18,19). The van der Waals surface area contributed by atoms with E-state index in [1.807, 2.05) is 0 Å². The second kappa shape index (κ2) is 5.42. The van der Waals surface area contributed by atoms with E-state index in [-0.39, 0.29) is 5.91 Å². The molecular formula is C14H14N2O3S. The lowest BCUT2D eigenvalue weighted by Gasteiger charge is -2.19. The highest BCUT2D eigenvalue weighted by Crippen LogP contribution is 2.25. The Balaban J connectivity index is 2.13. The number of aromatic nitrogens is 1. The van der Waals surface area contributed by atoms with Gasteiger partial charge in [-0.1, -0.05) is 12.1 Å². The summed E-state index contributed by atoms with van der Waals surface area (Å²) in [6.07, 6.45) is 1.50. The van der Waals surface area contributed by atoms with Crippen molar-refractivity contribution in [2.75, 3.05) is 5.32 Å². The van der Waals surface area contributed by atoms with Crippen LogP contribution in [0.15, 0.2) is 36.0 Å². The topological polar surface area (TPSA) is 79.3 Å². The molecule has 0 spiro atoms. The molecule has 2 N–H and O–H groups in total. The summed E-state index contributed by atoms with van der Waals surface area (Å²) < 4.78 is 0. The van der Waals surface area contributed by atoms with Gasteiger partial charge in [0, 0.05) is 5.69 Å². The van der Waals surface area contributed by atoms with Gasteiger partial charge in [-0.15, -0.1) is 11.3 Å². The van der Waals surface area contributed by atoms with Crippen molar-refractivity contribution < 1.29 is 14.7 Å². The average Bonchev–Trinajstić information content (AvgIpc) is 2.93. The van der Waals surface area contributed by atoms with E-state index in [1.54, 1.807) is 43.6 Å². The number of anilines is 1. The van der Waals surface area contributed by atoms with Crippen molar-refractivity contribution in [1.29, 1.82) is 0 Å².